The van der Waals surface area contributed by atoms with Gasteiger partial charge in [-0.05, 0) is 111 Å². The lowest BCUT2D eigenvalue weighted by molar-refractivity contribution is 0.00176. The number of likely N-dealkylation sites (tertiary alicyclic amines) is 1. The van der Waals surface area contributed by atoms with Crippen molar-refractivity contribution >= 4 is 5.91 Å². The molecule has 0 unspecified atom stereocenters. The average Bonchev–Trinajstić information content (AvgIpc) is 3.73. The van der Waals surface area contributed by atoms with Crippen LogP contribution in [0, 0.1) is 17.3 Å². The third-order valence-electron chi connectivity index (χ3n) is 10.4. The Kier molecular flexibility index (Phi) is 7.52. The van der Waals surface area contributed by atoms with Crippen molar-refractivity contribution in [2.75, 3.05) is 13.1 Å². The van der Waals surface area contributed by atoms with E-state index in [1.165, 1.54) is 12.8 Å². The lowest BCUT2D eigenvalue weighted by atomic mass is 9.55. The number of aliphatic hydroxyl groups excluding tert-OH is 2. The van der Waals surface area contributed by atoms with E-state index in [2.05, 4.69) is 35.6 Å². The fourth-order valence-electron chi connectivity index (χ4n) is 7.96. The lowest BCUT2D eigenvalue weighted by Gasteiger charge is -2.55. The molecule has 0 radical (unpaired) electrons. The Morgan fingerprint density at radius 2 is 1.98 bits per heavy atom. The zero-order valence-corrected chi connectivity index (χ0v) is 25.0. The summed E-state index contributed by atoms with van der Waals surface area (Å²) in [5, 5.41) is 24.1. The Hall–Kier alpha value is -3.42. The van der Waals surface area contributed by atoms with Gasteiger partial charge in [-0.1, -0.05) is 36.9 Å². The van der Waals surface area contributed by atoms with Crippen molar-refractivity contribution in [3.63, 3.8) is 0 Å². The second-order valence-electron chi connectivity index (χ2n) is 13.1. The number of amides is 1. The minimum absolute atomic E-state index is 0.0836. The molecular weight excluding hydrogens is 526 g/mol. The van der Waals surface area contributed by atoms with Gasteiger partial charge in [0.05, 0.1) is 17.9 Å². The molecule has 1 aromatic heterocycles. The van der Waals surface area contributed by atoms with Crippen molar-refractivity contribution in [3.8, 4) is 0 Å². The molecule has 3 aliphatic carbocycles. The van der Waals surface area contributed by atoms with E-state index in [4.69, 9.17) is 0 Å². The molecule has 1 saturated heterocycles. The highest BCUT2D eigenvalue weighted by molar-refractivity contribution is 5.94. The maximum Gasteiger partial charge on any atom is 0.261 e. The van der Waals surface area contributed by atoms with Crippen molar-refractivity contribution in [3.05, 3.63) is 104 Å². The smallest absolute Gasteiger partial charge is 0.261 e. The number of H-pyrrole nitrogens is 1. The summed E-state index contributed by atoms with van der Waals surface area (Å²) in [6.07, 6.45) is 8.37. The lowest BCUT2D eigenvalue weighted by Crippen LogP contribution is -2.57. The number of allylic oxidation sites excluding steroid dienone is 5. The molecule has 2 heterocycles. The van der Waals surface area contributed by atoms with Gasteiger partial charge in [0.25, 0.3) is 11.5 Å². The van der Waals surface area contributed by atoms with E-state index in [1.54, 1.807) is 13.0 Å². The zero-order valence-electron chi connectivity index (χ0n) is 25.0. The van der Waals surface area contributed by atoms with E-state index in [1.807, 2.05) is 36.4 Å². The first-order valence-electron chi connectivity index (χ1n) is 15.4. The maximum absolute atomic E-state index is 13.5. The van der Waals surface area contributed by atoms with Gasteiger partial charge in [-0.2, -0.15) is 0 Å². The number of fused-ring (bicyclic) bond motifs is 3. The van der Waals surface area contributed by atoms with Crippen molar-refractivity contribution in [2.24, 2.45) is 17.3 Å². The van der Waals surface area contributed by atoms with Crippen LogP contribution in [0.5, 0.6) is 0 Å². The minimum atomic E-state index is -0.731. The molecule has 5 atom stereocenters. The van der Waals surface area contributed by atoms with E-state index in [0.29, 0.717) is 18.9 Å². The van der Waals surface area contributed by atoms with Gasteiger partial charge in [0, 0.05) is 30.1 Å². The molecule has 7 heteroatoms. The fraction of sp³-hybridized carbons (Fsp3) is 0.486. The van der Waals surface area contributed by atoms with Crippen molar-refractivity contribution in [1.82, 2.24) is 15.2 Å². The molecular formula is C35H43N3O4. The van der Waals surface area contributed by atoms with Crippen LogP contribution in [0.3, 0.4) is 0 Å². The van der Waals surface area contributed by atoms with Gasteiger partial charge in [0.1, 0.15) is 5.56 Å². The van der Waals surface area contributed by atoms with Gasteiger partial charge in [-0.15, -0.1) is 0 Å². The van der Waals surface area contributed by atoms with Crippen LogP contribution in [0.25, 0.3) is 0 Å². The fourth-order valence-corrected chi connectivity index (χ4v) is 7.96. The van der Waals surface area contributed by atoms with Gasteiger partial charge in [-0.25, -0.2) is 0 Å². The quantitative estimate of drug-likeness (QED) is 0.280. The van der Waals surface area contributed by atoms with Crippen LogP contribution in [-0.4, -0.2) is 51.2 Å². The summed E-state index contributed by atoms with van der Waals surface area (Å²) in [7, 11) is 0. The van der Waals surface area contributed by atoms with Gasteiger partial charge < -0.3 is 25.4 Å². The zero-order chi connectivity index (χ0) is 29.8. The Morgan fingerprint density at radius 1 is 1.21 bits per heavy atom. The summed E-state index contributed by atoms with van der Waals surface area (Å²) in [6, 6.07) is 9.24. The summed E-state index contributed by atoms with van der Waals surface area (Å²) in [5.41, 5.74) is 5.27. The van der Waals surface area contributed by atoms with Gasteiger partial charge >= 0.3 is 0 Å². The second-order valence-corrected chi connectivity index (χ2v) is 13.1. The first-order valence-corrected chi connectivity index (χ1v) is 15.4. The third kappa shape index (κ3) is 5.07. The number of aromatic amines is 1. The molecule has 4 aliphatic rings. The van der Waals surface area contributed by atoms with Crippen LogP contribution in [0.15, 0.2) is 70.8 Å². The summed E-state index contributed by atoms with van der Waals surface area (Å²) >= 11 is 0. The maximum atomic E-state index is 13.5. The molecule has 1 saturated carbocycles. The topological polar surface area (TPSA) is 106 Å². The standard InChI is InChI=1S/C35H43N3O4/c1-5-20(2)28(14-21(3)39)35-12-13-38(19-23-10-11-23)22(4)29(35)16-25-15-27(33(41)36-30(25)18-35)34(42)37-32-26-9-7-6-8-24(26)17-31(32)40/h5-9,14-15,22-23,29,31-32,39-40H,1,10-13,16-19H2,2-4H3,(H,36,41)(H,37,42)/b21-14+,28-20+/t22-,29+,31+,32-,35-/m1/s1. The van der Waals surface area contributed by atoms with Crippen LogP contribution in [0.1, 0.15) is 78.8 Å². The van der Waals surface area contributed by atoms with Crippen LogP contribution in [0.2, 0.25) is 0 Å². The minimum Gasteiger partial charge on any atom is -0.513 e. The molecule has 0 spiro atoms. The average molecular weight is 570 g/mol. The molecule has 6 rings (SSSR count). The summed E-state index contributed by atoms with van der Waals surface area (Å²) in [6.45, 7) is 12.2. The molecule has 1 amide bonds. The van der Waals surface area contributed by atoms with E-state index in [0.717, 1.165) is 65.4 Å². The molecule has 7 nitrogen and oxygen atoms in total. The Bertz CT molecular complexity index is 1530. The number of hydrogen-bond donors (Lipinski definition) is 4. The molecule has 42 heavy (non-hydrogen) atoms. The first kappa shape index (κ1) is 28.7. The van der Waals surface area contributed by atoms with Gasteiger partial charge in [0.15, 0.2) is 0 Å². The van der Waals surface area contributed by atoms with Crippen LogP contribution >= 0.6 is 0 Å². The Morgan fingerprint density at radius 3 is 2.69 bits per heavy atom. The summed E-state index contributed by atoms with van der Waals surface area (Å²) in [5.74, 6) is 0.798. The SMILES string of the molecule is C=C/C(C)=C(\C=C(/C)O)[C@]12CCN(CC3CC3)[C@H](C)[C@@H]1Cc1cc(C(=O)N[C@@H]3c4ccccc4C[C@@H]3O)c(=O)[nH]c1C2. The predicted octanol–water partition coefficient (Wildman–Crippen LogP) is 4.93. The van der Waals surface area contributed by atoms with Gasteiger partial charge in [-0.3, -0.25) is 9.59 Å². The van der Waals surface area contributed by atoms with Crippen molar-refractivity contribution in [2.45, 2.75) is 77.5 Å². The van der Waals surface area contributed by atoms with Crippen LogP contribution in [0.4, 0.5) is 0 Å². The number of hydrogen-bond acceptors (Lipinski definition) is 5. The number of nitrogens with zero attached hydrogens (tertiary/aromatic N) is 1. The number of pyridine rings is 1. The largest absolute Gasteiger partial charge is 0.513 e. The molecule has 1 aromatic carbocycles. The van der Waals surface area contributed by atoms with Crippen LogP contribution in [-0.2, 0) is 19.3 Å². The van der Waals surface area contributed by atoms with E-state index in [9.17, 15) is 19.8 Å². The van der Waals surface area contributed by atoms with E-state index >= 15 is 0 Å². The monoisotopic (exact) mass is 569 g/mol. The number of rotatable bonds is 7. The van der Waals surface area contributed by atoms with Crippen molar-refractivity contribution < 1.29 is 15.0 Å². The molecule has 4 N–H and O–H groups in total. The highest BCUT2D eigenvalue weighted by Gasteiger charge is 2.52. The second kappa shape index (κ2) is 11.0. The molecule has 2 fully saturated rings. The first-order chi connectivity index (χ1) is 20.1. The highest BCUT2D eigenvalue weighted by atomic mass is 16.3. The Labute approximate surface area is 248 Å². The molecule has 1 aliphatic heterocycles. The number of aliphatic hydroxyl groups is 2. The normalized spacial score (nSPS) is 29.7. The number of carbonyl (C=O) groups excluding carboxylic acids is 1. The Balaban J connectivity index is 1.37. The number of carbonyl (C=O) groups is 1. The molecule has 0 bridgehead atoms. The summed E-state index contributed by atoms with van der Waals surface area (Å²) < 4.78 is 0. The van der Waals surface area contributed by atoms with E-state index < -0.39 is 23.6 Å². The van der Waals surface area contributed by atoms with Gasteiger partial charge in [0.2, 0.25) is 0 Å². The highest BCUT2D eigenvalue weighted by Crippen LogP contribution is 2.54. The van der Waals surface area contributed by atoms with E-state index in [-0.39, 0.29) is 22.7 Å². The van der Waals surface area contributed by atoms with Crippen molar-refractivity contribution in [1.29, 1.82) is 0 Å². The molecule has 222 valence electrons. The number of benzene rings is 1. The summed E-state index contributed by atoms with van der Waals surface area (Å²) in [4.78, 5) is 32.6. The van der Waals surface area contributed by atoms with Crippen LogP contribution < -0.4 is 10.9 Å². The number of nitrogens with one attached hydrogen (secondary N) is 2. The third-order valence-corrected chi connectivity index (χ3v) is 10.4. The number of aromatic nitrogens is 1. The predicted molar refractivity (Wildman–Crippen MR) is 164 cm³/mol. The molecule has 2 aromatic rings. The number of piperidine rings is 1.